The normalized spacial score (nSPS) is 10.3. The molecular weight excluding hydrogens is 226 g/mol. The summed E-state index contributed by atoms with van der Waals surface area (Å²) in [4.78, 5) is 11.8. The Kier molecular flexibility index (Phi) is 5.88. The average molecular weight is 245 g/mol. The van der Waals surface area contributed by atoms with E-state index in [-0.39, 0.29) is 6.42 Å². The van der Waals surface area contributed by atoms with Crippen molar-refractivity contribution in [1.29, 1.82) is 0 Å². The standard InChI is InChI=1S/C15H19NO2/c1-3-9-16(10-4-2)12-14-7-5-13(6-8-14)11-15(17)18/h3-8H,1-2,9-12H2,(H,17,18). The second kappa shape index (κ2) is 7.45. The quantitative estimate of drug-likeness (QED) is 0.641. The van der Waals surface area contributed by atoms with E-state index in [0.29, 0.717) is 0 Å². The summed E-state index contributed by atoms with van der Waals surface area (Å²) in [6.07, 6.45) is 3.75. The van der Waals surface area contributed by atoms with E-state index in [2.05, 4.69) is 13.2 Å². The van der Waals surface area contributed by atoms with Crippen LogP contribution in [-0.2, 0) is 17.8 Å². The third kappa shape index (κ3) is 4.97. The van der Waals surface area contributed by atoms with Crippen molar-refractivity contribution < 1.29 is 14.8 Å². The average Bonchev–Trinajstić information content (AvgIpc) is 2.31. The maximum absolute atomic E-state index is 10.5. The summed E-state index contributed by atoms with van der Waals surface area (Å²) in [6, 6.07) is 7.60. The summed E-state index contributed by atoms with van der Waals surface area (Å²) < 4.78 is 0. The summed E-state index contributed by atoms with van der Waals surface area (Å²) in [5.74, 6) is -1.05. The molecule has 0 saturated carbocycles. The van der Waals surface area contributed by atoms with Crippen molar-refractivity contribution in [3.63, 3.8) is 0 Å². The first-order valence-corrected chi connectivity index (χ1v) is 5.98. The molecule has 96 valence electrons. The molecule has 0 saturated heterocycles. The van der Waals surface area contributed by atoms with E-state index in [1.54, 1.807) is 0 Å². The molecule has 1 aromatic rings. The first kappa shape index (κ1) is 14.2. The van der Waals surface area contributed by atoms with Gasteiger partial charge in [-0.15, -0.1) is 0 Å². The lowest BCUT2D eigenvalue weighted by Gasteiger charge is -2.16. The number of hydrogen-bond donors (Lipinski definition) is 1. The zero-order valence-corrected chi connectivity index (χ0v) is 10.5. The summed E-state index contributed by atoms with van der Waals surface area (Å²) in [6.45, 7) is 10.1. The lowest BCUT2D eigenvalue weighted by Crippen LogP contribution is -3.10. The van der Waals surface area contributed by atoms with E-state index in [4.69, 9.17) is 0 Å². The van der Waals surface area contributed by atoms with Gasteiger partial charge in [0.15, 0.2) is 0 Å². The van der Waals surface area contributed by atoms with E-state index in [9.17, 15) is 9.90 Å². The number of benzene rings is 1. The number of carboxylic acid groups (broad SMARTS) is 1. The van der Waals surface area contributed by atoms with E-state index in [1.165, 1.54) is 10.5 Å². The summed E-state index contributed by atoms with van der Waals surface area (Å²) in [7, 11) is 0. The van der Waals surface area contributed by atoms with Crippen LogP contribution in [0.25, 0.3) is 0 Å². The predicted octanol–water partition coefficient (Wildman–Crippen LogP) is -0.264. The maximum atomic E-state index is 10.5. The summed E-state index contributed by atoms with van der Waals surface area (Å²) in [5.41, 5.74) is 1.95. The summed E-state index contributed by atoms with van der Waals surface area (Å²) in [5, 5.41) is 10.5. The highest BCUT2D eigenvalue weighted by molar-refractivity contribution is 5.67. The lowest BCUT2D eigenvalue weighted by molar-refractivity contribution is -0.902. The molecule has 3 nitrogen and oxygen atoms in total. The molecule has 0 bridgehead atoms. The highest BCUT2D eigenvalue weighted by Crippen LogP contribution is 2.03. The number of carbonyl (C=O) groups is 1. The molecule has 0 aliphatic heterocycles. The Balaban J connectivity index is 2.63. The van der Waals surface area contributed by atoms with Crippen molar-refractivity contribution in [1.82, 2.24) is 0 Å². The van der Waals surface area contributed by atoms with Gasteiger partial charge < -0.3 is 14.8 Å². The molecule has 0 aliphatic rings. The van der Waals surface area contributed by atoms with Crippen LogP contribution < -0.4 is 10.0 Å². The minimum absolute atomic E-state index is 0.0316. The Morgan fingerprint density at radius 1 is 1.11 bits per heavy atom. The first-order valence-electron chi connectivity index (χ1n) is 5.98. The Morgan fingerprint density at radius 2 is 1.61 bits per heavy atom. The largest absolute Gasteiger partial charge is 0.550 e. The van der Waals surface area contributed by atoms with Gasteiger partial charge in [-0.05, 0) is 17.7 Å². The molecule has 1 rings (SSSR count). The molecule has 1 aromatic carbocycles. The van der Waals surface area contributed by atoms with E-state index in [0.717, 1.165) is 25.2 Å². The van der Waals surface area contributed by atoms with Crippen molar-refractivity contribution >= 4 is 5.97 Å². The van der Waals surface area contributed by atoms with Crippen molar-refractivity contribution in [3.05, 3.63) is 60.7 Å². The highest BCUT2D eigenvalue weighted by atomic mass is 16.4. The molecule has 0 aliphatic carbocycles. The van der Waals surface area contributed by atoms with Crippen LogP contribution in [0, 0.1) is 0 Å². The molecule has 1 N–H and O–H groups in total. The Labute approximate surface area is 108 Å². The van der Waals surface area contributed by atoms with Crippen LogP contribution in [0.15, 0.2) is 49.6 Å². The molecule has 0 amide bonds. The van der Waals surface area contributed by atoms with Gasteiger partial charge in [0.2, 0.25) is 0 Å². The molecule has 0 heterocycles. The van der Waals surface area contributed by atoms with Gasteiger partial charge in [-0.3, -0.25) is 0 Å². The van der Waals surface area contributed by atoms with Crippen LogP contribution >= 0.6 is 0 Å². The Bertz CT molecular complexity index is 399. The number of rotatable bonds is 8. The fourth-order valence-corrected chi connectivity index (χ4v) is 1.87. The minimum Gasteiger partial charge on any atom is -0.550 e. The van der Waals surface area contributed by atoms with Crippen molar-refractivity contribution in [2.45, 2.75) is 13.0 Å². The second-order valence-corrected chi connectivity index (χ2v) is 4.28. The van der Waals surface area contributed by atoms with Crippen LogP contribution in [0.5, 0.6) is 0 Å². The van der Waals surface area contributed by atoms with E-state index in [1.807, 2.05) is 36.4 Å². The number of nitrogens with one attached hydrogen (secondary N) is 1. The number of carbonyl (C=O) groups excluding carboxylic acids is 1. The number of quaternary nitrogens is 1. The van der Waals surface area contributed by atoms with Crippen LogP contribution in [0.1, 0.15) is 11.1 Å². The van der Waals surface area contributed by atoms with Gasteiger partial charge in [0, 0.05) is 18.0 Å². The topological polar surface area (TPSA) is 44.6 Å². The molecule has 0 spiro atoms. The number of aliphatic carboxylic acids is 1. The Hall–Kier alpha value is -1.87. The van der Waals surface area contributed by atoms with Gasteiger partial charge in [-0.1, -0.05) is 37.4 Å². The monoisotopic (exact) mass is 245 g/mol. The van der Waals surface area contributed by atoms with Crippen LogP contribution in [0.3, 0.4) is 0 Å². The second-order valence-electron chi connectivity index (χ2n) is 4.28. The van der Waals surface area contributed by atoms with E-state index < -0.39 is 5.97 Å². The van der Waals surface area contributed by atoms with Crippen LogP contribution in [0.2, 0.25) is 0 Å². The van der Waals surface area contributed by atoms with Gasteiger partial charge in [-0.25, -0.2) is 0 Å². The molecular formula is C15H19NO2. The van der Waals surface area contributed by atoms with Gasteiger partial charge in [0.1, 0.15) is 6.54 Å². The number of carboxylic acids is 1. The van der Waals surface area contributed by atoms with Crippen molar-refractivity contribution in [3.8, 4) is 0 Å². The molecule has 0 unspecified atom stereocenters. The van der Waals surface area contributed by atoms with Gasteiger partial charge in [0.25, 0.3) is 0 Å². The van der Waals surface area contributed by atoms with E-state index >= 15 is 0 Å². The van der Waals surface area contributed by atoms with Crippen LogP contribution in [0.4, 0.5) is 0 Å². The SMILES string of the molecule is C=CC[NH+](CC=C)Cc1ccc(CC(=O)[O-])cc1. The zero-order chi connectivity index (χ0) is 13.4. The van der Waals surface area contributed by atoms with Gasteiger partial charge >= 0.3 is 0 Å². The van der Waals surface area contributed by atoms with Crippen molar-refractivity contribution in [2.75, 3.05) is 13.1 Å². The molecule has 0 radical (unpaired) electrons. The minimum atomic E-state index is -1.05. The fourth-order valence-electron chi connectivity index (χ4n) is 1.87. The zero-order valence-electron chi connectivity index (χ0n) is 10.5. The molecule has 0 fully saturated rings. The fraction of sp³-hybridized carbons (Fsp3) is 0.267. The third-order valence-electron chi connectivity index (χ3n) is 2.69. The molecule has 0 aromatic heterocycles. The smallest absolute Gasteiger partial charge is 0.103 e. The highest BCUT2D eigenvalue weighted by Gasteiger charge is 2.05. The molecule has 18 heavy (non-hydrogen) atoms. The molecule has 3 heteroatoms. The predicted molar refractivity (Wildman–Crippen MR) is 69.9 cm³/mol. The molecule has 0 atom stereocenters. The van der Waals surface area contributed by atoms with Crippen LogP contribution in [-0.4, -0.2) is 19.1 Å². The van der Waals surface area contributed by atoms with Crippen molar-refractivity contribution in [2.24, 2.45) is 0 Å². The summed E-state index contributed by atoms with van der Waals surface area (Å²) >= 11 is 0. The van der Waals surface area contributed by atoms with Gasteiger partial charge in [-0.2, -0.15) is 0 Å². The number of hydrogen-bond acceptors (Lipinski definition) is 2. The Morgan fingerprint density at radius 3 is 2.06 bits per heavy atom. The first-order chi connectivity index (χ1) is 8.65. The lowest BCUT2D eigenvalue weighted by atomic mass is 10.1. The maximum Gasteiger partial charge on any atom is 0.103 e. The third-order valence-corrected chi connectivity index (χ3v) is 2.69. The van der Waals surface area contributed by atoms with Gasteiger partial charge in [0.05, 0.1) is 13.1 Å².